The highest BCUT2D eigenvalue weighted by Crippen LogP contribution is 2.33. The molecule has 0 amide bonds. The van der Waals surface area contributed by atoms with Gasteiger partial charge in [0.25, 0.3) is 0 Å². The normalized spacial score (nSPS) is 11.2. The van der Waals surface area contributed by atoms with Gasteiger partial charge in [-0.1, -0.05) is 54.6 Å². The number of aromatic nitrogens is 1. The van der Waals surface area contributed by atoms with Crippen LogP contribution in [0.5, 0.6) is 5.75 Å². The fraction of sp³-hybridized carbons (Fsp3) is 0. The van der Waals surface area contributed by atoms with Gasteiger partial charge in [-0.15, -0.1) is 0 Å². The summed E-state index contributed by atoms with van der Waals surface area (Å²) in [5.74, 6) is 0.0208. The highest BCUT2D eigenvalue weighted by Gasteiger charge is 2.09. The Morgan fingerprint density at radius 3 is 2.00 bits per heavy atom. The first-order chi connectivity index (χ1) is 15.7. The number of nitrogens with one attached hydrogen (secondary N) is 1. The zero-order chi connectivity index (χ0) is 21.9. The first-order valence-corrected chi connectivity index (χ1v) is 10.3. The Morgan fingerprint density at radius 1 is 0.750 bits per heavy atom. The van der Waals surface area contributed by atoms with E-state index in [1.807, 2.05) is 54.6 Å². The van der Waals surface area contributed by atoms with Gasteiger partial charge in [0.15, 0.2) is 5.78 Å². The van der Waals surface area contributed by atoms with E-state index in [1.54, 1.807) is 36.4 Å². The van der Waals surface area contributed by atoms with E-state index in [4.69, 9.17) is 4.98 Å². The van der Waals surface area contributed by atoms with Crippen LogP contribution in [-0.2, 0) is 0 Å². The summed E-state index contributed by atoms with van der Waals surface area (Å²) in [5.41, 5.74) is 4.91. The van der Waals surface area contributed by atoms with Crippen LogP contribution < -0.4 is 5.32 Å². The Morgan fingerprint density at radius 2 is 1.34 bits per heavy atom. The number of hydrogen-bond donors (Lipinski definition) is 2. The molecule has 0 fully saturated rings. The van der Waals surface area contributed by atoms with Gasteiger partial charge in [0.1, 0.15) is 5.75 Å². The van der Waals surface area contributed by atoms with E-state index in [0.29, 0.717) is 11.1 Å². The molecule has 0 aliphatic carbocycles. The number of allylic oxidation sites excluding steroid dienone is 1. The third-order valence-corrected chi connectivity index (χ3v) is 5.38. The number of fused-ring (bicyclic) bond motifs is 2. The summed E-state index contributed by atoms with van der Waals surface area (Å²) >= 11 is 0. The van der Waals surface area contributed by atoms with Gasteiger partial charge in [-0.05, 0) is 54.6 Å². The van der Waals surface area contributed by atoms with Crippen molar-refractivity contribution in [2.24, 2.45) is 0 Å². The number of rotatable bonds is 5. The van der Waals surface area contributed by atoms with Crippen LogP contribution in [0.3, 0.4) is 0 Å². The number of phenols is 1. The van der Waals surface area contributed by atoms with Crippen molar-refractivity contribution in [3.8, 4) is 5.75 Å². The third-order valence-electron chi connectivity index (χ3n) is 5.38. The van der Waals surface area contributed by atoms with Crippen LogP contribution >= 0.6 is 0 Å². The molecular weight excluding hydrogens is 396 g/mol. The van der Waals surface area contributed by atoms with Gasteiger partial charge in [0, 0.05) is 27.6 Å². The molecule has 154 valence electrons. The quantitative estimate of drug-likeness (QED) is 0.189. The first kappa shape index (κ1) is 19.5. The highest BCUT2D eigenvalue weighted by molar-refractivity contribution is 6.09. The third kappa shape index (κ3) is 3.82. The number of aromatic hydroxyl groups is 1. The SMILES string of the molecule is O=C(/C=C/c1ccccc1O)c1ccc(Nc2c3ccccc3nc3ccccc23)cc1. The van der Waals surface area contributed by atoms with Gasteiger partial charge in [-0.2, -0.15) is 0 Å². The molecule has 0 unspecified atom stereocenters. The summed E-state index contributed by atoms with van der Waals surface area (Å²) < 4.78 is 0. The summed E-state index contributed by atoms with van der Waals surface area (Å²) in [6, 6.07) is 30.4. The van der Waals surface area contributed by atoms with E-state index in [2.05, 4.69) is 17.4 Å². The summed E-state index contributed by atoms with van der Waals surface area (Å²) in [7, 11) is 0. The van der Waals surface area contributed by atoms with Crippen molar-refractivity contribution >= 4 is 45.0 Å². The Balaban J connectivity index is 1.43. The molecule has 5 rings (SSSR count). The highest BCUT2D eigenvalue weighted by atomic mass is 16.3. The molecule has 0 saturated carbocycles. The van der Waals surface area contributed by atoms with Crippen LogP contribution in [0.4, 0.5) is 11.4 Å². The van der Waals surface area contributed by atoms with Crippen LogP contribution in [0.2, 0.25) is 0 Å². The topological polar surface area (TPSA) is 62.2 Å². The first-order valence-electron chi connectivity index (χ1n) is 10.3. The smallest absolute Gasteiger partial charge is 0.185 e. The van der Waals surface area contributed by atoms with Crippen LogP contribution in [0.15, 0.2) is 103 Å². The lowest BCUT2D eigenvalue weighted by Crippen LogP contribution is -1.97. The van der Waals surface area contributed by atoms with Crippen molar-refractivity contribution in [1.29, 1.82) is 0 Å². The van der Waals surface area contributed by atoms with Gasteiger partial charge in [-0.25, -0.2) is 4.98 Å². The number of ketones is 1. The molecular formula is C28H20N2O2. The average Bonchev–Trinajstić information content (AvgIpc) is 2.83. The Kier molecular flexibility index (Phi) is 5.10. The maximum Gasteiger partial charge on any atom is 0.185 e. The molecule has 1 heterocycles. The molecule has 0 bridgehead atoms. The van der Waals surface area contributed by atoms with Crippen LogP contribution in [0.25, 0.3) is 27.9 Å². The van der Waals surface area contributed by atoms with Crippen LogP contribution in [-0.4, -0.2) is 15.9 Å². The number of para-hydroxylation sites is 3. The number of anilines is 2. The van der Waals surface area contributed by atoms with Crippen molar-refractivity contribution in [2.45, 2.75) is 0 Å². The van der Waals surface area contributed by atoms with E-state index >= 15 is 0 Å². The molecule has 0 spiro atoms. The Bertz CT molecular complexity index is 1420. The minimum absolute atomic E-state index is 0.125. The predicted molar refractivity (Wildman–Crippen MR) is 130 cm³/mol. The predicted octanol–water partition coefficient (Wildman–Crippen LogP) is 6.73. The van der Waals surface area contributed by atoms with Crippen molar-refractivity contribution < 1.29 is 9.90 Å². The lowest BCUT2D eigenvalue weighted by atomic mass is 10.1. The van der Waals surface area contributed by atoms with Crippen molar-refractivity contribution in [3.05, 3.63) is 114 Å². The number of phenolic OH excluding ortho intramolecular Hbond substituents is 1. The number of nitrogens with zero attached hydrogens (tertiary/aromatic N) is 1. The second-order valence-electron chi connectivity index (χ2n) is 7.48. The fourth-order valence-electron chi connectivity index (χ4n) is 3.73. The lowest BCUT2D eigenvalue weighted by molar-refractivity contribution is 0.104. The monoisotopic (exact) mass is 416 g/mol. The number of benzene rings is 4. The summed E-state index contributed by atoms with van der Waals surface area (Å²) in [6.07, 6.45) is 3.10. The maximum absolute atomic E-state index is 12.6. The zero-order valence-electron chi connectivity index (χ0n) is 17.2. The van der Waals surface area contributed by atoms with E-state index in [9.17, 15) is 9.90 Å². The maximum atomic E-state index is 12.6. The van der Waals surface area contributed by atoms with E-state index in [0.717, 1.165) is 33.2 Å². The Labute approximate surface area is 185 Å². The fourth-order valence-corrected chi connectivity index (χ4v) is 3.73. The van der Waals surface area contributed by atoms with Crippen LogP contribution in [0, 0.1) is 0 Å². The van der Waals surface area contributed by atoms with E-state index in [1.165, 1.54) is 6.08 Å². The Hall–Kier alpha value is -4.44. The minimum Gasteiger partial charge on any atom is -0.507 e. The summed E-state index contributed by atoms with van der Waals surface area (Å²) in [5, 5.41) is 15.4. The van der Waals surface area contributed by atoms with Crippen molar-refractivity contribution in [3.63, 3.8) is 0 Å². The molecule has 4 nitrogen and oxygen atoms in total. The van der Waals surface area contributed by atoms with Crippen LogP contribution in [0.1, 0.15) is 15.9 Å². The molecule has 0 atom stereocenters. The minimum atomic E-state index is -0.125. The molecule has 4 aromatic carbocycles. The van der Waals surface area contributed by atoms with Crippen molar-refractivity contribution in [1.82, 2.24) is 4.98 Å². The zero-order valence-corrected chi connectivity index (χ0v) is 17.2. The molecule has 32 heavy (non-hydrogen) atoms. The van der Waals surface area contributed by atoms with Gasteiger partial charge in [0.2, 0.25) is 0 Å². The second-order valence-corrected chi connectivity index (χ2v) is 7.48. The molecule has 0 radical (unpaired) electrons. The number of carbonyl (C=O) groups is 1. The molecule has 5 aromatic rings. The summed E-state index contributed by atoms with van der Waals surface area (Å²) in [4.78, 5) is 17.3. The van der Waals surface area contributed by atoms with Gasteiger partial charge >= 0.3 is 0 Å². The molecule has 0 aliphatic heterocycles. The van der Waals surface area contributed by atoms with E-state index < -0.39 is 0 Å². The van der Waals surface area contributed by atoms with Gasteiger partial charge in [0.05, 0.1) is 16.7 Å². The number of carbonyl (C=O) groups excluding carboxylic acids is 1. The lowest BCUT2D eigenvalue weighted by Gasteiger charge is -2.13. The molecule has 4 heteroatoms. The number of hydrogen-bond acceptors (Lipinski definition) is 4. The molecule has 1 aromatic heterocycles. The molecule has 0 saturated heterocycles. The number of pyridine rings is 1. The average molecular weight is 416 g/mol. The van der Waals surface area contributed by atoms with Gasteiger partial charge in [-0.3, -0.25) is 4.79 Å². The second kappa shape index (κ2) is 8.36. The standard InChI is InChI=1S/C28H20N2O2/c31-26-12-6-1-7-19(26)15-18-27(32)20-13-16-21(17-14-20)29-28-22-8-2-4-10-24(22)30-25-11-5-3-9-23(25)28/h1-18,31H,(H,29,30)/b18-15+. The van der Waals surface area contributed by atoms with Gasteiger partial charge < -0.3 is 10.4 Å². The largest absolute Gasteiger partial charge is 0.507 e. The molecule has 2 N–H and O–H groups in total. The molecule has 0 aliphatic rings. The summed E-state index contributed by atoms with van der Waals surface area (Å²) in [6.45, 7) is 0. The van der Waals surface area contributed by atoms with E-state index in [-0.39, 0.29) is 11.5 Å². The van der Waals surface area contributed by atoms with Crippen molar-refractivity contribution in [2.75, 3.05) is 5.32 Å².